The highest BCUT2D eigenvalue weighted by atomic mass is 19.1. The number of benzene rings is 1. The van der Waals surface area contributed by atoms with E-state index in [2.05, 4.69) is 6.92 Å². The predicted octanol–water partition coefficient (Wildman–Crippen LogP) is 4.28. The molecule has 1 rings (SSSR count). The van der Waals surface area contributed by atoms with Crippen molar-refractivity contribution in [2.75, 3.05) is 12.0 Å². The van der Waals surface area contributed by atoms with E-state index in [1.54, 1.807) is 13.8 Å². The van der Waals surface area contributed by atoms with Crippen molar-refractivity contribution < 1.29 is 23.8 Å². The number of nitrogens with zero attached hydrogens (tertiary/aromatic N) is 1. The van der Waals surface area contributed by atoms with E-state index in [0.29, 0.717) is 6.42 Å². The van der Waals surface area contributed by atoms with Crippen LogP contribution in [-0.4, -0.2) is 30.1 Å². The van der Waals surface area contributed by atoms with Gasteiger partial charge in [-0.15, -0.1) is 0 Å². The second-order valence-corrected chi connectivity index (χ2v) is 6.36. The lowest BCUT2D eigenvalue weighted by Crippen LogP contribution is -2.42. The highest BCUT2D eigenvalue weighted by Gasteiger charge is 2.30. The molecule has 5 nitrogen and oxygen atoms in total. The van der Waals surface area contributed by atoms with Gasteiger partial charge in [-0.05, 0) is 32.8 Å². The molecule has 25 heavy (non-hydrogen) atoms. The third kappa shape index (κ3) is 4.94. The molecule has 1 aromatic carbocycles. The number of amides is 1. The lowest BCUT2D eigenvalue weighted by Gasteiger charge is -2.32. The van der Waals surface area contributed by atoms with Crippen LogP contribution in [0.25, 0.3) is 0 Å². The summed E-state index contributed by atoms with van der Waals surface area (Å²) in [6, 6.07) is 1.74. The summed E-state index contributed by atoms with van der Waals surface area (Å²) in [5.74, 6) is -2.63. The maximum Gasteiger partial charge on any atom is 0.340 e. The number of ether oxygens (including phenoxy) is 1. The first kappa shape index (κ1) is 20.9. The average Bonchev–Trinajstić information content (AvgIpc) is 2.57. The van der Waals surface area contributed by atoms with Crippen molar-refractivity contribution in [3.63, 3.8) is 0 Å². The van der Waals surface area contributed by atoms with Crippen molar-refractivity contribution >= 4 is 17.6 Å². The van der Waals surface area contributed by atoms with Gasteiger partial charge in [-0.25, -0.2) is 9.18 Å². The SMILES string of the molecule is CCCCC(CC)C(=O)N(c1cc(F)c(O)cc1C(=O)OC)C(C)C. The Morgan fingerprint density at radius 2 is 1.92 bits per heavy atom. The summed E-state index contributed by atoms with van der Waals surface area (Å²) in [7, 11) is 1.20. The van der Waals surface area contributed by atoms with Gasteiger partial charge in [0.05, 0.1) is 18.4 Å². The molecular weight excluding hydrogens is 325 g/mol. The van der Waals surface area contributed by atoms with Crippen LogP contribution in [0.15, 0.2) is 12.1 Å². The van der Waals surface area contributed by atoms with Crippen LogP contribution in [0.2, 0.25) is 0 Å². The molecule has 1 N–H and O–H groups in total. The molecule has 0 heterocycles. The van der Waals surface area contributed by atoms with E-state index >= 15 is 0 Å². The van der Waals surface area contributed by atoms with Crippen LogP contribution in [0.3, 0.4) is 0 Å². The van der Waals surface area contributed by atoms with Crippen LogP contribution in [0.5, 0.6) is 5.75 Å². The molecule has 140 valence electrons. The largest absolute Gasteiger partial charge is 0.505 e. The molecule has 0 saturated heterocycles. The average molecular weight is 353 g/mol. The Morgan fingerprint density at radius 3 is 2.40 bits per heavy atom. The third-order valence-electron chi connectivity index (χ3n) is 4.23. The van der Waals surface area contributed by atoms with Crippen molar-refractivity contribution in [2.45, 2.75) is 59.4 Å². The summed E-state index contributed by atoms with van der Waals surface area (Å²) in [6.07, 6.45) is 3.30. The van der Waals surface area contributed by atoms with Crippen molar-refractivity contribution in [2.24, 2.45) is 5.92 Å². The van der Waals surface area contributed by atoms with Crippen molar-refractivity contribution in [1.82, 2.24) is 0 Å². The first-order chi connectivity index (χ1) is 11.8. The third-order valence-corrected chi connectivity index (χ3v) is 4.23. The van der Waals surface area contributed by atoms with Crippen LogP contribution in [0, 0.1) is 11.7 Å². The number of methoxy groups -OCH3 is 1. The van der Waals surface area contributed by atoms with E-state index in [4.69, 9.17) is 4.74 Å². The van der Waals surface area contributed by atoms with Crippen molar-refractivity contribution in [3.8, 4) is 5.75 Å². The second-order valence-electron chi connectivity index (χ2n) is 6.36. The van der Waals surface area contributed by atoms with Crippen LogP contribution in [0.1, 0.15) is 63.7 Å². The topological polar surface area (TPSA) is 66.8 Å². The molecule has 0 fully saturated rings. The maximum atomic E-state index is 14.0. The molecule has 0 aliphatic heterocycles. The Labute approximate surface area is 148 Å². The van der Waals surface area contributed by atoms with Crippen LogP contribution in [-0.2, 0) is 9.53 Å². The Bertz CT molecular complexity index is 616. The molecule has 0 spiro atoms. The van der Waals surface area contributed by atoms with Gasteiger partial charge in [0.1, 0.15) is 0 Å². The Kier molecular flexibility index (Phi) is 7.87. The lowest BCUT2D eigenvalue weighted by molar-refractivity contribution is -0.123. The highest BCUT2D eigenvalue weighted by molar-refractivity contribution is 6.03. The van der Waals surface area contributed by atoms with Gasteiger partial charge >= 0.3 is 5.97 Å². The number of carbonyl (C=O) groups is 2. The second kappa shape index (κ2) is 9.39. The van der Waals surface area contributed by atoms with Gasteiger partial charge in [0, 0.05) is 18.0 Å². The quantitative estimate of drug-likeness (QED) is 0.709. The minimum atomic E-state index is -0.886. The van der Waals surface area contributed by atoms with Gasteiger partial charge in [0.2, 0.25) is 5.91 Å². The first-order valence-corrected chi connectivity index (χ1v) is 8.72. The maximum absolute atomic E-state index is 14.0. The summed E-state index contributed by atoms with van der Waals surface area (Å²) in [5, 5.41) is 9.61. The monoisotopic (exact) mass is 353 g/mol. The number of phenolic OH excluding ortho intramolecular Hbond substituents is 1. The lowest BCUT2D eigenvalue weighted by atomic mass is 9.96. The number of hydrogen-bond donors (Lipinski definition) is 1. The van der Waals surface area contributed by atoms with Crippen LogP contribution in [0.4, 0.5) is 10.1 Å². The first-order valence-electron chi connectivity index (χ1n) is 8.72. The molecule has 1 amide bonds. The molecule has 0 aliphatic rings. The zero-order valence-corrected chi connectivity index (χ0v) is 15.6. The fraction of sp³-hybridized carbons (Fsp3) is 0.579. The summed E-state index contributed by atoms with van der Waals surface area (Å²) in [5.41, 5.74) is 0.0888. The van der Waals surface area contributed by atoms with E-state index < -0.39 is 17.5 Å². The van der Waals surface area contributed by atoms with Crippen LogP contribution < -0.4 is 4.90 Å². The molecule has 0 bridgehead atoms. The normalized spacial score (nSPS) is 12.1. The molecule has 0 aliphatic carbocycles. The number of rotatable bonds is 8. The van der Waals surface area contributed by atoms with Gasteiger partial charge in [0.25, 0.3) is 0 Å². The van der Waals surface area contributed by atoms with Gasteiger partial charge < -0.3 is 14.7 Å². The minimum Gasteiger partial charge on any atom is -0.505 e. The van der Waals surface area contributed by atoms with Gasteiger partial charge in [-0.2, -0.15) is 0 Å². The Morgan fingerprint density at radius 1 is 1.28 bits per heavy atom. The van der Waals surface area contributed by atoms with E-state index in [1.807, 2.05) is 6.92 Å². The van der Waals surface area contributed by atoms with Gasteiger partial charge in [-0.3, -0.25) is 4.79 Å². The van der Waals surface area contributed by atoms with Crippen molar-refractivity contribution in [3.05, 3.63) is 23.5 Å². The van der Waals surface area contributed by atoms with Crippen molar-refractivity contribution in [1.29, 1.82) is 0 Å². The molecule has 0 radical (unpaired) electrons. The molecule has 0 saturated carbocycles. The molecule has 6 heteroatoms. The number of hydrogen-bond acceptors (Lipinski definition) is 4. The summed E-state index contributed by atoms with van der Waals surface area (Å²) in [6.45, 7) is 7.60. The Hall–Kier alpha value is -2.11. The number of aromatic hydroxyl groups is 1. The number of anilines is 1. The summed E-state index contributed by atoms with van der Waals surface area (Å²) < 4.78 is 18.7. The fourth-order valence-corrected chi connectivity index (χ4v) is 2.82. The standard InChI is InChI=1S/C19H28FNO4/c1-6-8-9-13(7-2)18(23)21(12(3)4)16-11-15(20)17(22)10-14(16)19(24)25-5/h10-13,22H,6-9H2,1-5H3. The Balaban J connectivity index is 3.41. The number of carbonyl (C=O) groups excluding carboxylic acids is 2. The predicted molar refractivity (Wildman–Crippen MR) is 95.3 cm³/mol. The minimum absolute atomic E-state index is 0.0335. The number of phenols is 1. The molecule has 1 atom stereocenters. The molecule has 1 aromatic rings. The number of esters is 1. The van der Waals surface area contributed by atoms with Gasteiger partial charge in [0.15, 0.2) is 11.6 Å². The zero-order chi connectivity index (χ0) is 19.1. The molecular formula is C19H28FNO4. The zero-order valence-electron chi connectivity index (χ0n) is 15.6. The number of halogens is 1. The summed E-state index contributed by atoms with van der Waals surface area (Å²) >= 11 is 0. The highest BCUT2D eigenvalue weighted by Crippen LogP contribution is 2.32. The van der Waals surface area contributed by atoms with E-state index in [-0.39, 0.29) is 29.1 Å². The van der Waals surface area contributed by atoms with E-state index in [9.17, 15) is 19.1 Å². The van der Waals surface area contributed by atoms with E-state index in [0.717, 1.165) is 31.4 Å². The fourth-order valence-electron chi connectivity index (χ4n) is 2.82. The van der Waals surface area contributed by atoms with Crippen LogP contribution >= 0.6 is 0 Å². The summed E-state index contributed by atoms with van der Waals surface area (Å²) in [4.78, 5) is 26.6. The number of unbranched alkanes of at least 4 members (excludes halogenated alkanes) is 1. The molecule has 0 aromatic heterocycles. The smallest absolute Gasteiger partial charge is 0.340 e. The molecule has 1 unspecified atom stereocenters. The van der Waals surface area contributed by atoms with Gasteiger partial charge in [-0.1, -0.05) is 26.7 Å². The van der Waals surface area contributed by atoms with E-state index in [1.165, 1.54) is 12.0 Å².